The minimum Gasteiger partial charge on any atom is -0.459 e. The summed E-state index contributed by atoms with van der Waals surface area (Å²) in [5.74, 6) is 0.809. The number of benzene rings is 1. The van der Waals surface area contributed by atoms with Crippen molar-refractivity contribution in [3.8, 4) is 0 Å². The molecule has 2 N–H and O–H groups in total. The molecule has 0 saturated carbocycles. The van der Waals surface area contributed by atoms with Gasteiger partial charge in [-0.05, 0) is 32.8 Å². The van der Waals surface area contributed by atoms with Crippen LogP contribution in [-0.2, 0) is 4.74 Å². The van der Waals surface area contributed by atoms with Gasteiger partial charge < -0.3 is 19.8 Å². The van der Waals surface area contributed by atoms with E-state index in [4.69, 9.17) is 9.15 Å². The molecule has 2 heterocycles. The summed E-state index contributed by atoms with van der Waals surface area (Å²) in [4.78, 5) is 12.1. The molecule has 1 aromatic carbocycles. The van der Waals surface area contributed by atoms with Crippen LogP contribution in [0.3, 0.4) is 0 Å². The minimum absolute atomic E-state index is 0.153. The first-order valence-electron chi connectivity index (χ1n) is 7.78. The number of fused-ring (bicyclic) bond motifs is 1. The normalized spacial score (nSPS) is 17.4. The maximum absolute atomic E-state index is 12.1. The number of amides is 2. The Bertz CT molecular complexity index is 659. The molecule has 0 aliphatic carbocycles. The van der Waals surface area contributed by atoms with Crippen LogP contribution >= 0.6 is 0 Å². The summed E-state index contributed by atoms with van der Waals surface area (Å²) in [5, 5.41) is 7.06. The van der Waals surface area contributed by atoms with E-state index in [1.807, 2.05) is 38.1 Å². The Hall–Kier alpha value is -2.01. The van der Waals surface area contributed by atoms with Gasteiger partial charge in [0.1, 0.15) is 11.3 Å². The third-order valence-electron chi connectivity index (χ3n) is 4.18. The lowest BCUT2D eigenvalue weighted by molar-refractivity contribution is 0.0799. The molecule has 3 rings (SSSR count). The molecule has 1 aliphatic heterocycles. The van der Waals surface area contributed by atoms with E-state index in [2.05, 4.69) is 10.6 Å². The predicted molar refractivity (Wildman–Crippen MR) is 84.9 cm³/mol. The van der Waals surface area contributed by atoms with Gasteiger partial charge in [0.2, 0.25) is 0 Å². The quantitative estimate of drug-likeness (QED) is 0.914. The van der Waals surface area contributed by atoms with Gasteiger partial charge >= 0.3 is 6.03 Å². The third kappa shape index (κ3) is 3.09. The molecule has 5 nitrogen and oxygen atoms in total. The predicted octanol–water partition coefficient (Wildman–Crippen LogP) is 3.28. The lowest BCUT2D eigenvalue weighted by Crippen LogP contribution is -2.45. The van der Waals surface area contributed by atoms with E-state index in [0.29, 0.717) is 13.2 Å². The van der Waals surface area contributed by atoms with Gasteiger partial charge in [-0.15, -0.1) is 0 Å². The number of para-hydroxylation sites is 1. The number of aryl methyl sites for hydroxylation is 1. The van der Waals surface area contributed by atoms with E-state index in [0.717, 1.165) is 35.1 Å². The van der Waals surface area contributed by atoms with Crippen LogP contribution in [0.25, 0.3) is 11.0 Å². The van der Waals surface area contributed by atoms with Crippen LogP contribution in [0.15, 0.2) is 28.7 Å². The highest BCUT2D eigenvalue weighted by Crippen LogP contribution is 2.29. The number of nitrogens with one attached hydrogen (secondary N) is 2. The van der Waals surface area contributed by atoms with Crippen LogP contribution in [0.1, 0.15) is 37.1 Å². The maximum Gasteiger partial charge on any atom is 0.315 e. The largest absolute Gasteiger partial charge is 0.459 e. The molecule has 118 valence electrons. The molecule has 5 heteroatoms. The average molecular weight is 302 g/mol. The van der Waals surface area contributed by atoms with E-state index >= 15 is 0 Å². The summed E-state index contributed by atoms with van der Waals surface area (Å²) in [6, 6.07) is 7.78. The molecule has 0 bridgehead atoms. The Morgan fingerprint density at radius 3 is 2.73 bits per heavy atom. The van der Waals surface area contributed by atoms with Crippen molar-refractivity contribution in [3.63, 3.8) is 0 Å². The highest BCUT2D eigenvalue weighted by atomic mass is 16.5. The SMILES string of the molecule is Cc1c(C(C)NC(=O)NC2CCOCC2)oc2ccccc12. The standard InChI is InChI=1S/C17H22N2O3/c1-11-14-5-3-4-6-15(14)22-16(11)12(2)18-17(20)19-13-7-9-21-10-8-13/h3-6,12-13H,7-10H2,1-2H3,(H2,18,19,20). The molecule has 1 saturated heterocycles. The first kappa shape index (κ1) is 14.9. The number of urea groups is 1. The van der Waals surface area contributed by atoms with Crippen molar-refractivity contribution in [2.45, 2.75) is 38.8 Å². The topological polar surface area (TPSA) is 63.5 Å². The summed E-state index contributed by atoms with van der Waals surface area (Å²) < 4.78 is 11.2. The summed E-state index contributed by atoms with van der Waals surface area (Å²) in [7, 11) is 0. The second-order valence-electron chi connectivity index (χ2n) is 5.81. The van der Waals surface area contributed by atoms with Crippen molar-refractivity contribution in [1.82, 2.24) is 10.6 Å². The van der Waals surface area contributed by atoms with Gasteiger partial charge in [0.05, 0.1) is 6.04 Å². The van der Waals surface area contributed by atoms with E-state index in [1.165, 1.54) is 0 Å². The van der Waals surface area contributed by atoms with Gasteiger partial charge in [0.15, 0.2) is 0 Å². The molecule has 1 aliphatic rings. The van der Waals surface area contributed by atoms with Crippen LogP contribution < -0.4 is 10.6 Å². The number of furan rings is 1. The van der Waals surface area contributed by atoms with Crippen LogP contribution in [0, 0.1) is 6.92 Å². The highest BCUT2D eigenvalue weighted by molar-refractivity contribution is 5.82. The molecule has 2 aromatic rings. The average Bonchev–Trinajstić information content (AvgIpc) is 2.86. The maximum atomic E-state index is 12.1. The van der Waals surface area contributed by atoms with E-state index < -0.39 is 0 Å². The van der Waals surface area contributed by atoms with E-state index in [9.17, 15) is 4.79 Å². The number of carbonyl (C=O) groups is 1. The monoisotopic (exact) mass is 302 g/mol. The summed E-state index contributed by atoms with van der Waals surface area (Å²) >= 11 is 0. The Morgan fingerprint density at radius 1 is 1.27 bits per heavy atom. The van der Waals surface area contributed by atoms with Crippen LogP contribution in [0.5, 0.6) is 0 Å². The molecule has 1 aromatic heterocycles. The fourth-order valence-corrected chi connectivity index (χ4v) is 2.94. The first-order chi connectivity index (χ1) is 10.6. The van der Waals surface area contributed by atoms with Gasteiger partial charge in [-0.1, -0.05) is 18.2 Å². The fraction of sp³-hybridized carbons (Fsp3) is 0.471. The van der Waals surface area contributed by atoms with Crippen LogP contribution in [0.4, 0.5) is 4.79 Å². The molecule has 1 fully saturated rings. The van der Waals surface area contributed by atoms with Crippen LogP contribution in [0.2, 0.25) is 0 Å². The molecule has 1 atom stereocenters. The molecule has 0 radical (unpaired) electrons. The van der Waals surface area contributed by atoms with Crippen LogP contribution in [-0.4, -0.2) is 25.3 Å². The zero-order valence-corrected chi connectivity index (χ0v) is 13.0. The number of hydrogen-bond acceptors (Lipinski definition) is 3. The van der Waals surface area contributed by atoms with Crippen molar-refractivity contribution in [2.24, 2.45) is 0 Å². The molecule has 0 spiro atoms. The highest BCUT2D eigenvalue weighted by Gasteiger charge is 2.20. The van der Waals surface area contributed by atoms with Gasteiger partial charge in [-0.25, -0.2) is 4.79 Å². The summed E-state index contributed by atoms with van der Waals surface area (Å²) in [5.41, 5.74) is 1.93. The molecule has 22 heavy (non-hydrogen) atoms. The first-order valence-corrected chi connectivity index (χ1v) is 7.78. The third-order valence-corrected chi connectivity index (χ3v) is 4.18. The molecule has 2 amide bonds. The van der Waals surface area contributed by atoms with Crippen molar-refractivity contribution in [1.29, 1.82) is 0 Å². The lowest BCUT2D eigenvalue weighted by atomic mass is 10.1. The van der Waals surface area contributed by atoms with Crippen molar-refractivity contribution in [2.75, 3.05) is 13.2 Å². The number of carbonyl (C=O) groups excluding carboxylic acids is 1. The smallest absolute Gasteiger partial charge is 0.315 e. The zero-order chi connectivity index (χ0) is 15.5. The van der Waals surface area contributed by atoms with E-state index in [-0.39, 0.29) is 18.1 Å². The Kier molecular flexibility index (Phi) is 4.34. The second-order valence-corrected chi connectivity index (χ2v) is 5.81. The van der Waals surface area contributed by atoms with Gasteiger partial charge in [0.25, 0.3) is 0 Å². The molecular formula is C17H22N2O3. The Balaban J connectivity index is 1.66. The lowest BCUT2D eigenvalue weighted by Gasteiger charge is -2.24. The minimum atomic E-state index is -0.174. The van der Waals surface area contributed by atoms with Crippen molar-refractivity contribution >= 4 is 17.0 Å². The van der Waals surface area contributed by atoms with Crippen molar-refractivity contribution in [3.05, 3.63) is 35.6 Å². The number of hydrogen-bond donors (Lipinski definition) is 2. The number of ether oxygens (including phenoxy) is 1. The van der Waals surface area contributed by atoms with Crippen molar-refractivity contribution < 1.29 is 13.9 Å². The summed E-state index contributed by atoms with van der Waals surface area (Å²) in [6.07, 6.45) is 1.73. The fourth-order valence-electron chi connectivity index (χ4n) is 2.94. The Morgan fingerprint density at radius 2 is 2.00 bits per heavy atom. The van der Waals surface area contributed by atoms with Gasteiger partial charge in [-0.3, -0.25) is 0 Å². The van der Waals surface area contributed by atoms with Gasteiger partial charge in [-0.2, -0.15) is 0 Å². The number of rotatable bonds is 3. The van der Waals surface area contributed by atoms with E-state index in [1.54, 1.807) is 0 Å². The summed E-state index contributed by atoms with van der Waals surface area (Å²) in [6.45, 7) is 5.39. The molecular weight excluding hydrogens is 280 g/mol. The van der Waals surface area contributed by atoms with Gasteiger partial charge in [0, 0.05) is 30.2 Å². The molecule has 1 unspecified atom stereocenters. The second kappa shape index (κ2) is 6.40. The zero-order valence-electron chi connectivity index (χ0n) is 13.0. The Labute approximate surface area is 130 Å².